The molecule has 0 aromatic rings. The number of hydrogen-bond donors (Lipinski definition) is 0. The predicted octanol–water partition coefficient (Wildman–Crippen LogP) is 2.17. The van der Waals surface area contributed by atoms with Gasteiger partial charge in [-0.3, -0.25) is 0 Å². The summed E-state index contributed by atoms with van der Waals surface area (Å²) in [5.74, 6) is -0.824. The molecule has 0 spiro atoms. The lowest BCUT2D eigenvalue weighted by molar-refractivity contribution is -0.341. The van der Waals surface area contributed by atoms with Crippen molar-refractivity contribution in [1.82, 2.24) is 0 Å². The molecule has 0 heterocycles. The lowest BCUT2D eigenvalue weighted by Gasteiger charge is -2.35. The lowest BCUT2D eigenvalue weighted by Crippen LogP contribution is -2.48. The third kappa shape index (κ3) is 4.93. The van der Waals surface area contributed by atoms with Crippen molar-refractivity contribution < 1.29 is 18.9 Å². The van der Waals surface area contributed by atoms with Crippen LogP contribution in [0.4, 0.5) is 0 Å². The van der Waals surface area contributed by atoms with Gasteiger partial charge >= 0.3 is 0 Å². The highest BCUT2D eigenvalue weighted by Crippen LogP contribution is 2.21. The summed E-state index contributed by atoms with van der Waals surface area (Å²) in [7, 11) is 0. The Balaban J connectivity index is 4.48. The standard InChI is InChI=1S/C11H24O4/c1-6-12-10(13-7-2)11(5,14-8-3)15-9-4/h10H,6-9H2,1-5H3. The summed E-state index contributed by atoms with van der Waals surface area (Å²) < 4.78 is 22.1. The molecule has 0 saturated carbocycles. The first-order valence-electron chi connectivity index (χ1n) is 5.65. The number of rotatable bonds is 9. The van der Waals surface area contributed by atoms with E-state index in [0.29, 0.717) is 26.4 Å². The van der Waals surface area contributed by atoms with Crippen LogP contribution < -0.4 is 0 Å². The summed E-state index contributed by atoms with van der Waals surface area (Å²) in [5, 5.41) is 0. The van der Waals surface area contributed by atoms with Gasteiger partial charge in [0, 0.05) is 26.4 Å². The Hall–Kier alpha value is -0.160. The zero-order chi connectivity index (χ0) is 11.7. The summed E-state index contributed by atoms with van der Waals surface area (Å²) in [6, 6.07) is 0. The Labute approximate surface area is 92.8 Å². The fraction of sp³-hybridized carbons (Fsp3) is 1.00. The zero-order valence-electron chi connectivity index (χ0n) is 10.5. The molecule has 0 radical (unpaired) electrons. The van der Waals surface area contributed by atoms with Gasteiger partial charge in [0.2, 0.25) is 12.1 Å². The van der Waals surface area contributed by atoms with E-state index in [2.05, 4.69) is 0 Å². The van der Waals surface area contributed by atoms with E-state index in [0.717, 1.165) is 0 Å². The average molecular weight is 220 g/mol. The second kappa shape index (κ2) is 8.05. The van der Waals surface area contributed by atoms with E-state index in [9.17, 15) is 0 Å². The van der Waals surface area contributed by atoms with Crippen LogP contribution in [0.2, 0.25) is 0 Å². The molecule has 0 atom stereocenters. The summed E-state index contributed by atoms with van der Waals surface area (Å²) >= 11 is 0. The molecule has 0 N–H and O–H groups in total. The first-order valence-corrected chi connectivity index (χ1v) is 5.65. The molecular formula is C11H24O4. The Morgan fingerprint density at radius 2 is 1.20 bits per heavy atom. The topological polar surface area (TPSA) is 36.9 Å². The van der Waals surface area contributed by atoms with Gasteiger partial charge in [-0.2, -0.15) is 0 Å². The van der Waals surface area contributed by atoms with Crippen LogP contribution in [0.25, 0.3) is 0 Å². The normalized spacial score (nSPS) is 12.4. The molecule has 0 unspecified atom stereocenters. The molecule has 0 aromatic carbocycles. The Morgan fingerprint density at radius 3 is 1.47 bits per heavy atom. The number of ether oxygens (including phenoxy) is 4. The maximum absolute atomic E-state index is 5.56. The molecule has 0 aliphatic rings. The summed E-state index contributed by atoms with van der Waals surface area (Å²) in [5.41, 5.74) is 0. The average Bonchev–Trinajstić information content (AvgIpc) is 2.18. The predicted molar refractivity (Wildman–Crippen MR) is 58.7 cm³/mol. The van der Waals surface area contributed by atoms with E-state index in [1.165, 1.54) is 0 Å². The fourth-order valence-corrected chi connectivity index (χ4v) is 1.40. The summed E-state index contributed by atoms with van der Waals surface area (Å²) in [6.45, 7) is 11.8. The van der Waals surface area contributed by atoms with Gasteiger partial charge < -0.3 is 18.9 Å². The summed E-state index contributed by atoms with van der Waals surface area (Å²) in [6.07, 6.45) is -0.479. The molecule has 4 heteroatoms. The smallest absolute Gasteiger partial charge is 0.217 e. The second-order valence-corrected chi connectivity index (χ2v) is 3.12. The first kappa shape index (κ1) is 14.8. The quantitative estimate of drug-likeness (QED) is 0.558. The van der Waals surface area contributed by atoms with Crippen molar-refractivity contribution in [2.24, 2.45) is 0 Å². The van der Waals surface area contributed by atoms with E-state index < -0.39 is 12.1 Å². The molecule has 4 nitrogen and oxygen atoms in total. The highest BCUT2D eigenvalue weighted by atomic mass is 16.8. The van der Waals surface area contributed by atoms with Crippen molar-refractivity contribution in [2.75, 3.05) is 26.4 Å². The van der Waals surface area contributed by atoms with Crippen LogP contribution in [0, 0.1) is 0 Å². The molecule has 0 saturated heterocycles. The molecule has 15 heavy (non-hydrogen) atoms. The minimum Gasteiger partial charge on any atom is -0.348 e. The largest absolute Gasteiger partial charge is 0.348 e. The van der Waals surface area contributed by atoms with Crippen molar-refractivity contribution in [3.8, 4) is 0 Å². The third-order valence-electron chi connectivity index (χ3n) is 1.93. The highest BCUT2D eigenvalue weighted by molar-refractivity contribution is 4.68. The maximum atomic E-state index is 5.56. The van der Waals surface area contributed by atoms with Crippen LogP contribution in [-0.2, 0) is 18.9 Å². The molecule has 0 bridgehead atoms. The third-order valence-corrected chi connectivity index (χ3v) is 1.93. The van der Waals surface area contributed by atoms with Gasteiger partial charge in [-0.15, -0.1) is 0 Å². The van der Waals surface area contributed by atoms with Crippen molar-refractivity contribution >= 4 is 0 Å². The van der Waals surface area contributed by atoms with Gasteiger partial charge in [0.25, 0.3) is 0 Å². The molecule has 92 valence electrons. The Kier molecular flexibility index (Phi) is 7.96. The molecule has 0 aliphatic heterocycles. The van der Waals surface area contributed by atoms with Crippen LogP contribution in [0.3, 0.4) is 0 Å². The minimum absolute atomic E-state index is 0.479. The Morgan fingerprint density at radius 1 is 0.800 bits per heavy atom. The van der Waals surface area contributed by atoms with Gasteiger partial charge in [0.05, 0.1) is 0 Å². The number of hydrogen-bond acceptors (Lipinski definition) is 4. The van der Waals surface area contributed by atoms with Gasteiger partial charge in [0.15, 0.2) is 0 Å². The molecule has 0 amide bonds. The van der Waals surface area contributed by atoms with E-state index in [1.807, 2.05) is 34.6 Å². The molecular weight excluding hydrogens is 196 g/mol. The van der Waals surface area contributed by atoms with Crippen LogP contribution in [0.15, 0.2) is 0 Å². The van der Waals surface area contributed by atoms with Gasteiger partial charge in [-0.1, -0.05) is 0 Å². The van der Waals surface area contributed by atoms with Crippen LogP contribution in [0.1, 0.15) is 34.6 Å². The fourth-order valence-electron chi connectivity index (χ4n) is 1.40. The van der Waals surface area contributed by atoms with Gasteiger partial charge in [0.1, 0.15) is 0 Å². The van der Waals surface area contributed by atoms with Gasteiger partial charge in [-0.25, -0.2) is 0 Å². The van der Waals surface area contributed by atoms with E-state index in [-0.39, 0.29) is 0 Å². The van der Waals surface area contributed by atoms with Crippen LogP contribution >= 0.6 is 0 Å². The van der Waals surface area contributed by atoms with Crippen molar-refractivity contribution in [3.63, 3.8) is 0 Å². The minimum atomic E-state index is -0.824. The maximum Gasteiger partial charge on any atom is 0.217 e. The van der Waals surface area contributed by atoms with Crippen LogP contribution in [-0.4, -0.2) is 38.5 Å². The van der Waals surface area contributed by atoms with E-state index in [4.69, 9.17) is 18.9 Å². The lowest BCUT2D eigenvalue weighted by atomic mass is 10.3. The van der Waals surface area contributed by atoms with E-state index >= 15 is 0 Å². The molecule has 0 rings (SSSR count). The van der Waals surface area contributed by atoms with Crippen molar-refractivity contribution in [1.29, 1.82) is 0 Å². The molecule has 0 fully saturated rings. The monoisotopic (exact) mass is 220 g/mol. The molecule has 0 aliphatic carbocycles. The summed E-state index contributed by atoms with van der Waals surface area (Å²) in [4.78, 5) is 0. The van der Waals surface area contributed by atoms with Crippen LogP contribution in [0.5, 0.6) is 0 Å². The zero-order valence-corrected chi connectivity index (χ0v) is 10.5. The highest BCUT2D eigenvalue weighted by Gasteiger charge is 2.37. The SMILES string of the molecule is CCOC(OCC)C(C)(OCC)OCC. The van der Waals surface area contributed by atoms with Crippen molar-refractivity contribution in [3.05, 3.63) is 0 Å². The first-order chi connectivity index (χ1) is 7.14. The Bertz CT molecular complexity index is 138. The molecule has 0 aromatic heterocycles. The second-order valence-electron chi connectivity index (χ2n) is 3.12. The van der Waals surface area contributed by atoms with Crippen molar-refractivity contribution in [2.45, 2.75) is 46.7 Å². The van der Waals surface area contributed by atoms with Gasteiger partial charge in [-0.05, 0) is 34.6 Å². The van der Waals surface area contributed by atoms with E-state index in [1.54, 1.807) is 0 Å².